The van der Waals surface area contributed by atoms with Gasteiger partial charge in [-0.15, -0.1) is 0 Å². The maximum absolute atomic E-state index is 12.9. The molecule has 0 fully saturated rings. The number of aromatic nitrogens is 2. The summed E-state index contributed by atoms with van der Waals surface area (Å²) < 4.78 is 28.2. The third kappa shape index (κ3) is 3.48. The quantitative estimate of drug-likeness (QED) is 0.570. The molecule has 0 spiro atoms. The van der Waals surface area contributed by atoms with Crippen molar-refractivity contribution in [2.45, 2.75) is 30.7 Å². The van der Waals surface area contributed by atoms with Crippen molar-refractivity contribution in [1.29, 1.82) is 0 Å². The Kier molecular flexibility index (Phi) is 5.09. The molecule has 1 aromatic heterocycles. The molecule has 162 valence electrons. The van der Waals surface area contributed by atoms with Gasteiger partial charge >= 0.3 is 11.1 Å². The number of nitrogens with zero attached hydrogens (tertiary/aromatic N) is 3. The molecule has 1 atom stereocenters. The summed E-state index contributed by atoms with van der Waals surface area (Å²) >= 11 is 0. The van der Waals surface area contributed by atoms with Gasteiger partial charge in [-0.05, 0) is 43.2 Å². The molecule has 2 heterocycles. The van der Waals surface area contributed by atoms with E-state index in [-0.39, 0.29) is 29.0 Å². The van der Waals surface area contributed by atoms with Gasteiger partial charge in [0.1, 0.15) is 0 Å². The van der Waals surface area contributed by atoms with Gasteiger partial charge in [0.05, 0.1) is 21.7 Å². The molecule has 1 amide bonds. The third-order valence-corrected chi connectivity index (χ3v) is 7.60. The van der Waals surface area contributed by atoms with Gasteiger partial charge in [0.2, 0.25) is 5.91 Å². The van der Waals surface area contributed by atoms with Crippen molar-refractivity contribution < 1.29 is 13.2 Å². The standard InChI is InChI=1S/C22H23N3O5S/c1-14-12-15-6-4-5-7-17(15)25(14)20(26)10-11-31(29,30)16-8-9-18-19(13-16)24(3)22(28)21(27)23(18)2/h4-9,13-14H,10-12H2,1-3H3/t14-/m0/s1. The Hall–Kier alpha value is -3.20. The zero-order valence-corrected chi connectivity index (χ0v) is 18.3. The van der Waals surface area contributed by atoms with E-state index < -0.39 is 21.0 Å². The molecule has 0 N–H and O–H groups in total. The van der Waals surface area contributed by atoms with Gasteiger partial charge < -0.3 is 14.0 Å². The fourth-order valence-corrected chi connectivity index (χ4v) is 5.41. The fraction of sp³-hybridized carbons (Fsp3) is 0.318. The number of fused-ring (bicyclic) bond motifs is 2. The van der Waals surface area contributed by atoms with Gasteiger partial charge in [-0.25, -0.2) is 8.42 Å². The van der Waals surface area contributed by atoms with E-state index in [1.54, 1.807) is 4.90 Å². The van der Waals surface area contributed by atoms with Crippen LogP contribution in [0.1, 0.15) is 18.9 Å². The van der Waals surface area contributed by atoms with E-state index in [0.717, 1.165) is 22.2 Å². The molecule has 1 aliphatic rings. The smallest absolute Gasteiger partial charge is 0.309 e. The van der Waals surface area contributed by atoms with Crippen LogP contribution in [0, 0.1) is 0 Å². The van der Waals surface area contributed by atoms with Crippen LogP contribution in [-0.2, 0) is 35.1 Å². The molecule has 31 heavy (non-hydrogen) atoms. The van der Waals surface area contributed by atoms with Gasteiger partial charge in [0.15, 0.2) is 9.84 Å². The molecule has 0 saturated carbocycles. The van der Waals surface area contributed by atoms with Crippen molar-refractivity contribution in [2.24, 2.45) is 14.1 Å². The van der Waals surface area contributed by atoms with Crippen LogP contribution in [0.2, 0.25) is 0 Å². The first kappa shape index (κ1) is 21.0. The number of rotatable bonds is 4. The molecule has 1 aliphatic heterocycles. The van der Waals surface area contributed by atoms with Crippen LogP contribution in [0.4, 0.5) is 5.69 Å². The minimum absolute atomic E-state index is 0.0105. The highest BCUT2D eigenvalue weighted by Crippen LogP contribution is 2.32. The summed E-state index contributed by atoms with van der Waals surface area (Å²) in [5, 5.41) is 0. The Morgan fingerprint density at radius 2 is 1.65 bits per heavy atom. The summed E-state index contributed by atoms with van der Waals surface area (Å²) in [5.74, 6) is -0.584. The lowest BCUT2D eigenvalue weighted by Crippen LogP contribution is -2.39. The Labute approximate surface area is 179 Å². The summed E-state index contributed by atoms with van der Waals surface area (Å²) in [6, 6.07) is 11.9. The summed E-state index contributed by atoms with van der Waals surface area (Å²) in [6.45, 7) is 1.94. The number of para-hydroxylation sites is 1. The highest BCUT2D eigenvalue weighted by atomic mass is 32.2. The van der Waals surface area contributed by atoms with Crippen molar-refractivity contribution in [3.8, 4) is 0 Å². The number of hydrogen-bond donors (Lipinski definition) is 0. The Bertz CT molecular complexity index is 1440. The molecule has 9 heteroatoms. The highest BCUT2D eigenvalue weighted by molar-refractivity contribution is 7.91. The Balaban J connectivity index is 1.61. The number of anilines is 1. The maximum atomic E-state index is 12.9. The first-order chi connectivity index (χ1) is 14.6. The second-order valence-electron chi connectivity index (χ2n) is 7.89. The Morgan fingerprint density at radius 3 is 2.35 bits per heavy atom. The van der Waals surface area contributed by atoms with Crippen molar-refractivity contribution in [3.63, 3.8) is 0 Å². The molecule has 0 unspecified atom stereocenters. The molecule has 0 radical (unpaired) electrons. The average molecular weight is 442 g/mol. The molecule has 3 aromatic rings. The Morgan fingerprint density at radius 1 is 1.00 bits per heavy atom. The molecular weight excluding hydrogens is 418 g/mol. The van der Waals surface area contributed by atoms with Crippen LogP contribution in [0.5, 0.6) is 0 Å². The van der Waals surface area contributed by atoms with E-state index in [9.17, 15) is 22.8 Å². The van der Waals surface area contributed by atoms with Gasteiger partial charge in [-0.3, -0.25) is 14.4 Å². The number of benzene rings is 2. The summed E-state index contributed by atoms with van der Waals surface area (Å²) in [4.78, 5) is 38.6. The molecule has 0 aliphatic carbocycles. The van der Waals surface area contributed by atoms with Crippen LogP contribution in [0.3, 0.4) is 0 Å². The number of carbonyl (C=O) groups excluding carboxylic acids is 1. The maximum Gasteiger partial charge on any atom is 0.316 e. The third-order valence-electron chi connectivity index (χ3n) is 5.88. The monoisotopic (exact) mass is 441 g/mol. The van der Waals surface area contributed by atoms with E-state index >= 15 is 0 Å². The van der Waals surface area contributed by atoms with Crippen molar-refractivity contribution in [2.75, 3.05) is 10.7 Å². The number of carbonyl (C=O) groups is 1. The minimum atomic E-state index is -3.77. The molecule has 4 rings (SSSR count). The van der Waals surface area contributed by atoms with E-state index in [2.05, 4.69) is 0 Å². The second-order valence-corrected chi connectivity index (χ2v) is 10.0. The van der Waals surface area contributed by atoms with Crippen molar-refractivity contribution in [3.05, 3.63) is 68.7 Å². The summed E-state index contributed by atoms with van der Waals surface area (Å²) in [5.41, 5.74) is 1.27. The van der Waals surface area contributed by atoms with E-state index in [1.807, 2.05) is 31.2 Å². The number of sulfone groups is 1. The van der Waals surface area contributed by atoms with Gasteiger partial charge in [-0.1, -0.05) is 18.2 Å². The lowest BCUT2D eigenvalue weighted by molar-refractivity contribution is -0.118. The SMILES string of the molecule is C[C@H]1Cc2ccccc2N1C(=O)CCS(=O)(=O)c1ccc2c(c1)n(C)c(=O)c(=O)n2C. The van der Waals surface area contributed by atoms with Crippen LogP contribution >= 0.6 is 0 Å². The molecular formula is C22H23N3O5S. The molecule has 0 bridgehead atoms. The average Bonchev–Trinajstić information content (AvgIpc) is 3.10. The summed E-state index contributed by atoms with van der Waals surface area (Å²) in [6.07, 6.45) is 0.595. The van der Waals surface area contributed by atoms with Gasteiger partial charge in [0, 0.05) is 32.2 Å². The summed E-state index contributed by atoms with van der Waals surface area (Å²) in [7, 11) is -0.879. The van der Waals surface area contributed by atoms with E-state index in [4.69, 9.17) is 0 Å². The highest BCUT2D eigenvalue weighted by Gasteiger charge is 2.31. The first-order valence-corrected chi connectivity index (χ1v) is 11.6. The molecule has 2 aromatic carbocycles. The topological polar surface area (TPSA) is 98.5 Å². The fourth-order valence-electron chi connectivity index (χ4n) is 4.16. The van der Waals surface area contributed by atoms with Crippen molar-refractivity contribution >= 4 is 32.5 Å². The van der Waals surface area contributed by atoms with Crippen LogP contribution < -0.4 is 16.0 Å². The van der Waals surface area contributed by atoms with Crippen LogP contribution in [0.25, 0.3) is 11.0 Å². The zero-order valence-electron chi connectivity index (χ0n) is 17.5. The number of amides is 1. The number of hydrogen-bond acceptors (Lipinski definition) is 5. The van der Waals surface area contributed by atoms with E-state index in [0.29, 0.717) is 11.0 Å². The first-order valence-electron chi connectivity index (χ1n) is 9.94. The minimum Gasteiger partial charge on any atom is -0.309 e. The lowest BCUT2D eigenvalue weighted by atomic mass is 10.1. The van der Waals surface area contributed by atoms with Crippen LogP contribution in [-0.4, -0.2) is 35.3 Å². The molecule has 8 nitrogen and oxygen atoms in total. The number of aryl methyl sites for hydroxylation is 2. The van der Waals surface area contributed by atoms with Crippen LogP contribution in [0.15, 0.2) is 56.9 Å². The van der Waals surface area contributed by atoms with Gasteiger partial charge in [0.25, 0.3) is 0 Å². The van der Waals surface area contributed by atoms with Gasteiger partial charge in [-0.2, -0.15) is 0 Å². The predicted molar refractivity (Wildman–Crippen MR) is 118 cm³/mol. The molecule has 0 saturated heterocycles. The second kappa shape index (κ2) is 7.49. The van der Waals surface area contributed by atoms with E-state index in [1.165, 1.54) is 36.9 Å². The largest absolute Gasteiger partial charge is 0.316 e. The normalized spacial score (nSPS) is 16.0. The zero-order chi connectivity index (χ0) is 22.5. The van der Waals surface area contributed by atoms with Crippen molar-refractivity contribution in [1.82, 2.24) is 9.13 Å². The lowest BCUT2D eigenvalue weighted by Gasteiger charge is -2.22. The predicted octanol–water partition coefficient (Wildman–Crippen LogP) is 1.38.